The number of carbonyl (C=O) groups is 1. The number of amides is 1. The Balaban J connectivity index is 2.01. The molecule has 1 atom stereocenters. The molecule has 1 fully saturated rings. The molecule has 1 N–H and O–H groups in total. The van der Waals surface area contributed by atoms with Crippen LogP contribution in [0.4, 0.5) is 0 Å². The highest BCUT2D eigenvalue weighted by molar-refractivity contribution is 5.78. The minimum atomic E-state index is 0.153. The summed E-state index contributed by atoms with van der Waals surface area (Å²) in [4.78, 5) is 14.7. The summed E-state index contributed by atoms with van der Waals surface area (Å²) >= 11 is 0. The fourth-order valence-electron chi connectivity index (χ4n) is 3.19. The van der Waals surface area contributed by atoms with Crippen molar-refractivity contribution < 1.29 is 4.79 Å². The van der Waals surface area contributed by atoms with Crippen molar-refractivity contribution in [2.24, 2.45) is 5.92 Å². The molecular weight excluding hydrogens is 260 g/mol. The Morgan fingerprint density at radius 3 is 2.33 bits per heavy atom. The van der Waals surface area contributed by atoms with Crippen molar-refractivity contribution in [3.8, 4) is 0 Å². The highest BCUT2D eigenvalue weighted by atomic mass is 16.1. The molecule has 0 aliphatic carbocycles. The second-order valence-electron chi connectivity index (χ2n) is 5.93. The molecule has 2 rings (SSSR count). The van der Waals surface area contributed by atoms with Crippen molar-refractivity contribution in [2.45, 2.75) is 45.6 Å². The number of nitrogens with one attached hydrogen (secondary N) is 1. The van der Waals surface area contributed by atoms with Crippen LogP contribution in [0.1, 0.15) is 51.1 Å². The van der Waals surface area contributed by atoms with Crippen LogP contribution in [0.3, 0.4) is 0 Å². The molecule has 3 nitrogen and oxygen atoms in total. The van der Waals surface area contributed by atoms with Gasteiger partial charge in [-0.15, -0.1) is 0 Å². The molecule has 1 aliphatic rings. The first-order valence-electron chi connectivity index (χ1n) is 8.33. The van der Waals surface area contributed by atoms with E-state index in [0.717, 1.165) is 32.5 Å². The second kappa shape index (κ2) is 8.18. The number of nitrogens with zero attached hydrogens (tertiary/aromatic N) is 1. The molecule has 0 radical (unpaired) electrons. The van der Waals surface area contributed by atoms with Crippen LogP contribution in [0.25, 0.3) is 0 Å². The van der Waals surface area contributed by atoms with Crippen molar-refractivity contribution in [1.82, 2.24) is 10.2 Å². The Morgan fingerprint density at radius 1 is 1.14 bits per heavy atom. The Labute approximate surface area is 128 Å². The first-order valence-corrected chi connectivity index (χ1v) is 8.33. The van der Waals surface area contributed by atoms with Gasteiger partial charge in [0.25, 0.3) is 0 Å². The van der Waals surface area contributed by atoms with Crippen LogP contribution < -0.4 is 5.32 Å². The number of benzene rings is 1. The van der Waals surface area contributed by atoms with Gasteiger partial charge in [0, 0.05) is 12.5 Å². The molecular formula is C18H28N2O. The molecule has 1 unspecified atom stereocenters. The summed E-state index contributed by atoms with van der Waals surface area (Å²) in [5.41, 5.74) is 1.31. The predicted octanol–water partition coefficient (Wildman–Crippen LogP) is 3.38. The van der Waals surface area contributed by atoms with Gasteiger partial charge >= 0.3 is 0 Å². The Bertz CT molecular complexity index is 422. The molecule has 0 spiro atoms. The topological polar surface area (TPSA) is 32.3 Å². The summed E-state index contributed by atoms with van der Waals surface area (Å²) in [7, 11) is 0. The van der Waals surface area contributed by atoms with E-state index in [-0.39, 0.29) is 11.8 Å². The smallest absolute Gasteiger partial charge is 0.223 e. The molecule has 1 aromatic rings. The average Bonchev–Trinajstić information content (AvgIpc) is 3.04. The summed E-state index contributed by atoms with van der Waals surface area (Å²) in [5.74, 6) is 0.361. The molecule has 1 amide bonds. The zero-order chi connectivity index (χ0) is 15.1. The lowest BCUT2D eigenvalue weighted by atomic mass is 10.0. The third kappa shape index (κ3) is 4.31. The van der Waals surface area contributed by atoms with Gasteiger partial charge in [-0.25, -0.2) is 0 Å². The molecule has 1 aliphatic heterocycles. The van der Waals surface area contributed by atoms with E-state index < -0.39 is 0 Å². The Kier molecular flexibility index (Phi) is 6.24. The van der Waals surface area contributed by atoms with E-state index in [1.807, 2.05) is 6.07 Å². The van der Waals surface area contributed by atoms with E-state index in [4.69, 9.17) is 0 Å². The van der Waals surface area contributed by atoms with E-state index in [9.17, 15) is 4.79 Å². The van der Waals surface area contributed by atoms with Gasteiger partial charge in [-0.05, 0) is 44.3 Å². The Morgan fingerprint density at radius 2 is 1.76 bits per heavy atom. The molecule has 0 saturated carbocycles. The van der Waals surface area contributed by atoms with Crippen LogP contribution >= 0.6 is 0 Å². The molecule has 1 saturated heterocycles. The SMILES string of the molecule is CCC(CC)C(=O)NCC(c1ccccc1)N1CCCC1. The van der Waals surface area contributed by atoms with Gasteiger partial charge in [-0.2, -0.15) is 0 Å². The summed E-state index contributed by atoms with van der Waals surface area (Å²) in [6.07, 6.45) is 4.37. The molecule has 1 aromatic carbocycles. The minimum Gasteiger partial charge on any atom is -0.354 e. The van der Waals surface area contributed by atoms with Crippen molar-refractivity contribution in [3.63, 3.8) is 0 Å². The zero-order valence-electron chi connectivity index (χ0n) is 13.3. The van der Waals surface area contributed by atoms with Crippen LogP contribution in [-0.4, -0.2) is 30.4 Å². The first-order chi connectivity index (χ1) is 10.3. The standard InChI is InChI=1S/C18H28N2O/c1-3-15(4-2)18(21)19-14-17(20-12-8-9-13-20)16-10-6-5-7-11-16/h5-7,10-11,15,17H,3-4,8-9,12-14H2,1-2H3,(H,19,21). The fourth-order valence-corrected chi connectivity index (χ4v) is 3.19. The normalized spacial score (nSPS) is 17.1. The molecule has 116 valence electrons. The van der Waals surface area contributed by atoms with Crippen LogP contribution in [0.15, 0.2) is 30.3 Å². The largest absolute Gasteiger partial charge is 0.354 e. The van der Waals surface area contributed by atoms with Crippen molar-refractivity contribution in [3.05, 3.63) is 35.9 Å². The molecule has 0 aromatic heterocycles. The van der Waals surface area contributed by atoms with Gasteiger partial charge in [0.1, 0.15) is 0 Å². The summed E-state index contributed by atoms with van der Waals surface area (Å²) < 4.78 is 0. The van der Waals surface area contributed by atoms with Gasteiger partial charge in [0.05, 0.1) is 6.04 Å². The number of rotatable bonds is 7. The quantitative estimate of drug-likeness (QED) is 0.834. The van der Waals surface area contributed by atoms with E-state index in [1.165, 1.54) is 18.4 Å². The van der Waals surface area contributed by atoms with Crippen molar-refractivity contribution in [2.75, 3.05) is 19.6 Å². The maximum Gasteiger partial charge on any atom is 0.223 e. The van der Waals surface area contributed by atoms with Crippen LogP contribution in [0, 0.1) is 5.92 Å². The highest BCUT2D eigenvalue weighted by Gasteiger charge is 2.24. The Hall–Kier alpha value is -1.35. The van der Waals surface area contributed by atoms with Gasteiger partial charge in [-0.3, -0.25) is 9.69 Å². The van der Waals surface area contributed by atoms with Crippen LogP contribution in [0.2, 0.25) is 0 Å². The highest BCUT2D eigenvalue weighted by Crippen LogP contribution is 2.24. The predicted molar refractivity (Wildman–Crippen MR) is 87.1 cm³/mol. The lowest BCUT2D eigenvalue weighted by Crippen LogP contribution is -2.39. The maximum atomic E-state index is 12.2. The maximum absolute atomic E-state index is 12.2. The lowest BCUT2D eigenvalue weighted by molar-refractivity contribution is -0.125. The van der Waals surface area contributed by atoms with E-state index >= 15 is 0 Å². The average molecular weight is 288 g/mol. The second-order valence-corrected chi connectivity index (χ2v) is 5.93. The zero-order valence-corrected chi connectivity index (χ0v) is 13.3. The number of hydrogen-bond donors (Lipinski definition) is 1. The molecule has 1 heterocycles. The monoisotopic (exact) mass is 288 g/mol. The summed E-state index contributed by atoms with van der Waals surface area (Å²) in [6, 6.07) is 10.9. The van der Waals surface area contributed by atoms with E-state index in [0.29, 0.717) is 6.04 Å². The molecule has 21 heavy (non-hydrogen) atoms. The third-order valence-electron chi connectivity index (χ3n) is 4.59. The lowest BCUT2D eigenvalue weighted by Gasteiger charge is -2.28. The first kappa shape index (κ1) is 16.0. The van der Waals surface area contributed by atoms with Gasteiger partial charge < -0.3 is 5.32 Å². The van der Waals surface area contributed by atoms with Gasteiger partial charge in [0.15, 0.2) is 0 Å². The van der Waals surface area contributed by atoms with E-state index in [1.54, 1.807) is 0 Å². The number of likely N-dealkylation sites (tertiary alicyclic amines) is 1. The van der Waals surface area contributed by atoms with Crippen molar-refractivity contribution in [1.29, 1.82) is 0 Å². The van der Waals surface area contributed by atoms with Crippen LogP contribution in [0.5, 0.6) is 0 Å². The molecule has 0 bridgehead atoms. The number of hydrogen-bond acceptors (Lipinski definition) is 2. The summed E-state index contributed by atoms with van der Waals surface area (Å²) in [6.45, 7) is 7.17. The van der Waals surface area contributed by atoms with Gasteiger partial charge in [-0.1, -0.05) is 44.2 Å². The third-order valence-corrected chi connectivity index (χ3v) is 4.59. The van der Waals surface area contributed by atoms with Gasteiger partial charge in [0.2, 0.25) is 5.91 Å². The fraction of sp³-hybridized carbons (Fsp3) is 0.611. The van der Waals surface area contributed by atoms with Crippen LogP contribution in [-0.2, 0) is 4.79 Å². The molecule has 3 heteroatoms. The number of carbonyl (C=O) groups excluding carboxylic acids is 1. The summed E-state index contributed by atoms with van der Waals surface area (Å²) in [5, 5.41) is 3.18. The van der Waals surface area contributed by atoms with Crippen molar-refractivity contribution >= 4 is 5.91 Å². The minimum absolute atomic E-state index is 0.153. The van der Waals surface area contributed by atoms with E-state index in [2.05, 4.69) is 48.3 Å².